The van der Waals surface area contributed by atoms with E-state index in [0.29, 0.717) is 29.4 Å². The molecular formula is C22H24FN3O4. The maximum absolute atomic E-state index is 12.9. The minimum Gasteiger partial charge on any atom is -0.457 e. The maximum atomic E-state index is 12.9. The van der Waals surface area contributed by atoms with Crippen LogP contribution in [0.25, 0.3) is 11.3 Å². The zero-order valence-corrected chi connectivity index (χ0v) is 16.7. The minimum absolute atomic E-state index is 0.194. The van der Waals surface area contributed by atoms with Gasteiger partial charge in [0.25, 0.3) is 5.91 Å². The van der Waals surface area contributed by atoms with E-state index in [-0.39, 0.29) is 18.1 Å². The lowest BCUT2D eigenvalue weighted by Crippen LogP contribution is -2.23. The Bertz CT molecular complexity index is 916. The molecule has 0 bridgehead atoms. The number of carbonyl (C=O) groups is 2. The number of hydrogen-bond acceptors (Lipinski definition) is 5. The molecule has 0 atom stereocenters. The number of amides is 2. The Balaban J connectivity index is 0.000000826. The molecule has 0 fully saturated rings. The molecule has 3 aromatic rings. The highest BCUT2D eigenvalue weighted by atomic mass is 19.1. The fraction of sp³-hybridized carbons (Fsp3) is 0.136. The molecule has 0 aliphatic rings. The first-order chi connectivity index (χ1) is 14.6. The predicted molar refractivity (Wildman–Crippen MR) is 113 cm³/mol. The Morgan fingerprint density at radius 1 is 1.07 bits per heavy atom. The normalized spacial score (nSPS) is 9.20. The minimum atomic E-state index is -0.305. The molecule has 0 aliphatic carbocycles. The Morgan fingerprint density at radius 3 is 2.13 bits per heavy atom. The molecule has 0 radical (unpaired) electrons. The van der Waals surface area contributed by atoms with Crippen molar-refractivity contribution in [2.75, 3.05) is 13.7 Å². The van der Waals surface area contributed by atoms with E-state index in [0.717, 1.165) is 12.7 Å². The number of aromatic nitrogens is 1. The third kappa shape index (κ3) is 7.69. The first kappa shape index (κ1) is 24.3. The number of aliphatic hydroxyl groups excluding tert-OH is 1. The predicted octanol–water partition coefficient (Wildman–Crippen LogP) is 3.14. The van der Waals surface area contributed by atoms with Crippen molar-refractivity contribution in [3.8, 4) is 22.8 Å². The van der Waals surface area contributed by atoms with Gasteiger partial charge >= 0.3 is 0 Å². The number of primary amides is 1. The van der Waals surface area contributed by atoms with Gasteiger partial charge in [0.1, 0.15) is 23.0 Å². The van der Waals surface area contributed by atoms with Crippen molar-refractivity contribution < 1.29 is 23.8 Å². The number of nitrogens with two attached hydrogens (primary N) is 1. The third-order valence-corrected chi connectivity index (χ3v) is 3.52. The summed E-state index contributed by atoms with van der Waals surface area (Å²) in [5.74, 6) is 0.696. The highest BCUT2D eigenvalue weighted by Crippen LogP contribution is 2.25. The topological polar surface area (TPSA) is 115 Å². The van der Waals surface area contributed by atoms with Crippen LogP contribution >= 0.6 is 0 Å². The van der Waals surface area contributed by atoms with Crippen LogP contribution in [0.3, 0.4) is 0 Å². The summed E-state index contributed by atoms with van der Waals surface area (Å²) in [5, 5.41) is 9.73. The Hall–Kier alpha value is -3.78. The zero-order valence-electron chi connectivity index (χ0n) is 16.7. The molecule has 3 rings (SSSR count). The molecule has 158 valence electrons. The average molecular weight is 413 g/mol. The number of nitrogens with zero attached hydrogens (tertiary/aromatic N) is 1. The lowest BCUT2D eigenvalue weighted by atomic mass is 10.1. The van der Waals surface area contributed by atoms with Crippen LogP contribution in [-0.2, 0) is 4.79 Å². The largest absolute Gasteiger partial charge is 0.457 e. The van der Waals surface area contributed by atoms with E-state index in [4.69, 9.17) is 14.6 Å². The second-order valence-electron chi connectivity index (χ2n) is 5.48. The Morgan fingerprint density at radius 2 is 1.60 bits per heavy atom. The Labute approximate surface area is 174 Å². The van der Waals surface area contributed by atoms with Crippen LogP contribution in [0.1, 0.15) is 17.4 Å². The van der Waals surface area contributed by atoms with Crippen LogP contribution in [0.2, 0.25) is 0 Å². The summed E-state index contributed by atoms with van der Waals surface area (Å²) in [4.78, 5) is 24.9. The van der Waals surface area contributed by atoms with Crippen molar-refractivity contribution >= 4 is 12.3 Å². The molecule has 2 amide bonds. The quantitative estimate of drug-likeness (QED) is 0.556. The molecule has 7 nitrogen and oxygen atoms in total. The summed E-state index contributed by atoms with van der Waals surface area (Å²) in [6.45, 7) is 2.42. The fourth-order valence-electron chi connectivity index (χ4n) is 2.31. The van der Waals surface area contributed by atoms with Crippen molar-refractivity contribution in [3.05, 3.63) is 78.2 Å². The number of aliphatic hydroxyl groups is 1. The molecule has 0 aliphatic heterocycles. The number of nitrogens with one attached hydrogen (secondary N) is 1. The summed E-state index contributed by atoms with van der Waals surface area (Å²) in [6, 6.07) is 18.5. The van der Waals surface area contributed by atoms with Crippen molar-refractivity contribution in [1.29, 1.82) is 0 Å². The van der Waals surface area contributed by atoms with Gasteiger partial charge in [-0.1, -0.05) is 6.07 Å². The maximum Gasteiger partial charge on any atom is 0.269 e. The van der Waals surface area contributed by atoms with Gasteiger partial charge in [0.05, 0.1) is 5.69 Å². The molecule has 0 saturated heterocycles. The molecule has 0 saturated carbocycles. The molecule has 8 heteroatoms. The smallest absolute Gasteiger partial charge is 0.269 e. The van der Waals surface area contributed by atoms with Gasteiger partial charge in [0, 0.05) is 19.2 Å². The van der Waals surface area contributed by atoms with E-state index >= 15 is 0 Å². The summed E-state index contributed by atoms with van der Waals surface area (Å²) >= 11 is 0. The molecule has 0 unspecified atom stereocenters. The van der Waals surface area contributed by atoms with E-state index in [9.17, 15) is 9.18 Å². The van der Waals surface area contributed by atoms with E-state index < -0.39 is 0 Å². The van der Waals surface area contributed by atoms with Crippen LogP contribution in [0.4, 0.5) is 4.39 Å². The van der Waals surface area contributed by atoms with E-state index in [2.05, 4.69) is 16.0 Å². The summed E-state index contributed by atoms with van der Waals surface area (Å²) in [7, 11) is 1.00. The SMILES string of the molecule is CCNC(=O)c1cccc(-c2ccc(Oc3ccc(F)cc3)cc2)n1.CO.NC=O. The van der Waals surface area contributed by atoms with Gasteiger partial charge in [0.2, 0.25) is 6.41 Å². The van der Waals surface area contributed by atoms with Gasteiger partial charge in [-0.2, -0.15) is 0 Å². The van der Waals surface area contributed by atoms with Gasteiger partial charge in [-0.25, -0.2) is 9.37 Å². The number of carbonyl (C=O) groups excluding carboxylic acids is 2. The number of hydrogen-bond donors (Lipinski definition) is 3. The van der Waals surface area contributed by atoms with Gasteiger partial charge < -0.3 is 20.9 Å². The van der Waals surface area contributed by atoms with Crippen LogP contribution in [0.15, 0.2) is 66.7 Å². The summed E-state index contributed by atoms with van der Waals surface area (Å²) in [5.41, 5.74) is 6.13. The lowest BCUT2D eigenvalue weighted by molar-refractivity contribution is -0.106. The second kappa shape index (κ2) is 13.4. The Kier molecular flexibility index (Phi) is 10.8. The van der Waals surface area contributed by atoms with E-state index in [1.807, 2.05) is 25.1 Å². The molecule has 4 N–H and O–H groups in total. The molecule has 30 heavy (non-hydrogen) atoms. The van der Waals surface area contributed by atoms with Crippen LogP contribution in [0.5, 0.6) is 11.5 Å². The van der Waals surface area contributed by atoms with Crippen molar-refractivity contribution in [2.45, 2.75) is 6.92 Å². The average Bonchev–Trinajstić information content (AvgIpc) is 2.78. The third-order valence-electron chi connectivity index (χ3n) is 3.52. The number of ether oxygens (including phenoxy) is 1. The van der Waals surface area contributed by atoms with E-state index in [1.165, 1.54) is 12.1 Å². The monoisotopic (exact) mass is 413 g/mol. The second-order valence-corrected chi connectivity index (χ2v) is 5.48. The molecule has 1 aromatic heterocycles. The standard InChI is InChI=1S/C20H17FN2O2.CH3NO.CH4O/c1-2-22-20(24)19-5-3-4-18(23-19)14-6-10-16(11-7-14)25-17-12-8-15(21)9-13-17;2-1-3;1-2/h3-13H,2H2,1H3,(H,22,24);1H,(H2,2,3);2H,1H3. The summed E-state index contributed by atoms with van der Waals surface area (Å²) < 4.78 is 18.6. The number of rotatable bonds is 5. The fourth-order valence-corrected chi connectivity index (χ4v) is 2.31. The van der Waals surface area contributed by atoms with Gasteiger partial charge in [0.15, 0.2) is 0 Å². The molecule has 0 spiro atoms. The zero-order chi connectivity index (χ0) is 22.4. The van der Waals surface area contributed by atoms with Crippen LogP contribution in [0, 0.1) is 5.82 Å². The first-order valence-corrected chi connectivity index (χ1v) is 8.96. The summed E-state index contributed by atoms with van der Waals surface area (Å²) in [6.07, 6.45) is 0.250. The van der Waals surface area contributed by atoms with Crippen LogP contribution in [-0.4, -0.2) is 36.1 Å². The van der Waals surface area contributed by atoms with Crippen molar-refractivity contribution in [2.24, 2.45) is 5.73 Å². The molecule has 2 aromatic carbocycles. The van der Waals surface area contributed by atoms with Crippen molar-refractivity contribution in [3.63, 3.8) is 0 Å². The number of pyridine rings is 1. The van der Waals surface area contributed by atoms with E-state index in [1.54, 1.807) is 36.4 Å². The highest BCUT2D eigenvalue weighted by molar-refractivity contribution is 5.92. The van der Waals surface area contributed by atoms with Crippen LogP contribution < -0.4 is 15.8 Å². The van der Waals surface area contributed by atoms with Gasteiger partial charge in [-0.05, 0) is 67.6 Å². The number of halogens is 1. The van der Waals surface area contributed by atoms with Crippen molar-refractivity contribution in [1.82, 2.24) is 10.3 Å². The highest BCUT2D eigenvalue weighted by Gasteiger charge is 2.08. The molecular weight excluding hydrogens is 389 g/mol. The lowest BCUT2D eigenvalue weighted by Gasteiger charge is -2.08. The number of benzene rings is 2. The van der Waals surface area contributed by atoms with Gasteiger partial charge in [-0.15, -0.1) is 0 Å². The first-order valence-electron chi connectivity index (χ1n) is 8.96. The molecule has 1 heterocycles. The van der Waals surface area contributed by atoms with Gasteiger partial charge in [-0.3, -0.25) is 9.59 Å².